The lowest BCUT2D eigenvalue weighted by atomic mass is 10.0. The van der Waals surface area contributed by atoms with E-state index in [2.05, 4.69) is 55.6 Å². The van der Waals surface area contributed by atoms with Crippen molar-refractivity contribution in [2.24, 2.45) is 0 Å². The number of amides is 1. The lowest BCUT2D eigenvalue weighted by molar-refractivity contribution is -0.870. The first kappa shape index (κ1) is 61.5. The van der Waals surface area contributed by atoms with E-state index < -0.39 is 26.6 Å². The van der Waals surface area contributed by atoms with Gasteiger partial charge in [-0.05, 0) is 70.6 Å². The van der Waals surface area contributed by atoms with Gasteiger partial charge in [0.2, 0.25) is 5.91 Å². The highest BCUT2D eigenvalue weighted by Crippen LogP contribution is 2.38. The van der Waals surface area contributed by atoms with Gasteiger partial charge in [-0.2, -0.15) is 0 Å². The summed E-state index contributed by atoms with van der Waals surface area (Å²) in [4.78, 5) is 25.4. The van der Waals surface area contributed by atoms with E-state index in [1.54, 1.807) is 6.08 Å². The molecule has 0 heterocycles. The molecule has 8 nitrogen and oxygen atoms in total. The number of nitrogens with one attached hydrogen (secondary N) is 1. The molecule has 63 heavy (non-hydrogen) atoms. The van der Waals surface area contributed by atoms with E-state index in [9.17, 15) is 19.4 Å². The number of carbonyl (C=O) groups excluding carboxylic acids is 1. The largest absolute Gasteiger partial charge is 0.756 e. The zero-order chi connectivity index (χ0) is 46.4. The number of likely N-dealkylation sites (N-methyl/N-ethyl adjacent to an activating group) is 1. The first-order valence-electron chi connectivity index (χ1n) is 26.5. The van der Waals surface area contributed by atoms with E-state index in [-0.39, 0.29) is 12.5 Å². The van der Waals surface area contributed by atoms with Crippen molar-refractivity contribution in [3.63, 3.8) is 0 Å². The highest BCUT2D eigenvalue weighted by Gasteiger charge is 2.23. The summed E-state index contributed by atoms with van der Waals surface area (Å²) >= 11 is 0. The number of carbonyl (C=O) groups is 1. The summed E-state index contributed by atoms with van der Waals surface area (Å²) in [5.41, 5.74) is 0. The summed E-state index contributed by atoms with van der Waals surface area (Å²) in [5.74, 6) is -0.215. The third-order valence-electron chi connectivity index (χ3n) is 11.7. The highest BCUT2D eigenvalue weighted by molar-refractivity contribution is 7.45. The SMILES string of the molecule is CCCCCCCCCC/C=C/CC/C=C/CC/C=C/C(O)C(COP(=O)([O-])OCC[N+](C)(C)C)NC(=O)CCCCCCCCC/C=C\CCCCCCCCCCCCCC. The van der Waals surface area contributed by atoms with Crippen LogP contribution in [0.1, 0.15) is 239 Å². The van der Waals surface area contributed by atoms with Crippen LogP contribution in [-0.4, -0.2) is 68.5 Å². The van der Waals surface area contributed by atoms with Crippen LogP contribution in [0, 0.1) is 0 Å². The minimum atomic E-state index is -4.61. The van der Waals surface area contributed by atoms with Gasteiger partial charge >= 0.3 is 0 Å². The zero-order valence-corrected chi connectivity index (χ0v) is 42.9. The van der Waals surface area contributed by atoms with Gasteiger partial charge in [-0.1, -0.05) is 210 Å². The molecule has 0 saturated carbocycles. The Labute approximate surface area is 390 Å². The molecule has 0 rings (SSSR count). The van der Waals surface area contributed by atoms with Crippen molar-refractivity contribution in [2.75, 3.05) is 40.9 Å². The molecule has 9 heteroatoms. The molecule has 2 N–H and O–H groups in total. The Kier molecular flexibility index (Phi) is 44.5. The summed E-state index contributed by atoms with van der Waals surface area (Å²) in [6.45, 7) is 4.63. The van der Waals surface area contributed by atoms with Gasteiger partial charge in [0.05, 0.1) is 39.9 Å². The van der Waals surface area contributed by atoms with E-state index >= 15 is 0 Å². The Morgan fingerprint density at radius 3 is 1.29 bits per heavy atom. The van der Waals surface area contributed by atoms with Crippen molar-refractivity contribution in [1.82, 2.24) is 5.32 Å². The van der Waals surface area contributed by atoms with Crippen molar-refractivity contribution in [2.45, 2.75) is 251 Å². The van der Waals surface area contributed by atoms with Gasteiger partial charge in [0, 0.05) is 6.42 Å². The average Bonchev–Trinajstić information content (AvgIpc) is 3.24. The Hall–Kier alpha value is -1.54. The van der Waals surface area contributed by atoms with Gasteiger partial charge in [-0.25, -0.2) is 0 Å². The molecule has 370 valence electrons. The summed E-state index contributed by atoms with van der Waals surface area (Å²) in [6.07, 6.45) is 58.9. The summed E-state index contributed by atoms with van der Waals surface area (Å²) in [7, 11) is 1.23. The van der Waals surface area contributed by atoms with Gasteiger partial charge < -0.3 is 28.8 Å². The highest BCUT2D eigenvalue weighted by atomic mass is 31.2. The fourth-order valence-electron chi connectivity index (χ4n) is 7.53. The van der Waals surface area contributed by atoms with Crippen LogP contribution in [0.5, 0.6) is 0 Å². The fraction of sp³-hybridized carbons (Fsp3) is 0.833. The van der Waals surface area contributed by atoms with Crippen molar-refractivity contribution < 1.29 is 32.9 Å². The Bertz CT molecular complexity index is 1170. The van der Waals surface area contributed by atoms with Gasteiger partial charge in [0.1, 0.15) is 13.2 Å². The third kappa shape index (κ3) is 48.2. The number of nitrogens with zero attached hydrogens (tertiary/aromatic N) is 1. The average molecular weight is 907 g/mol. The molecule has 0 spiro atoms. The first-order valence-corrected chi connectivity index (χ1v) is 28.0. The van der Waals surface area contributed by atoms with Gasteiger partial charge in [-0.3, -0.25) is 9.36 Å². The number of allylic oxidation sites excluding steroid dienone is 7. The van der Waals surface area contributed by atoms with Crippen molar-refractivity contribution in [3.05, 3.63) is 48.6 Å². The molecule has 1 amide bonds. The molecule has 0 bridgehead atoms. The van der Waals surface area contributed by atoms with Crippen LogP contribution >= 0.6 is 7.82 Å². The normalized spacial score (nSPS) is 14.5. The van der Waals surface area contributed by atoms with E-state index in [0.717, 1.165) is 44.9 Å². The number of quaternary nitrogens is 1. The molecule has 3 atom stereocenters. The second-order valence-electron chi connectivity index (χ2n) is 19.2. The standard InChI is InChI=1S/C54H103N2O6P/c1-6-8-10-12-14-16-18-20-22-24-26-27-28-29-30-32-34-36-38-40-42-44-46-48-54(58)55-52(51-62-63(59,60)61-50-49-56(3,4)5)53(57)47-45-43-41-39-37-35-33-31-25-23-21-19-17-15-13-11-9-7-2/h25,29-31,37,39,45,47,52-53,57H,6-24,26-28,32-36,38,40-44,46,48-51H2,1-5H3,(H-,55,58,59,60)/b30-29-,31-25+,39-37+,47-45+. The topological polar surface area (TPSA) is 108 Å². The van der Waals surface area contributed by atoms with Crippen molar-refractivity contribution in [1.29, 1.82) is 0 Å². The number of unbranched alkanes of at least 4 members (excludes halogenated alkanes) is 29. The summed E-state index contributed by atoms with van der Waals surface area (Å²) < 4.78 is 23.3. The van der Waals surface area contributed by atoms with Crippen LogP contribution in [0.25, 0.3) is 0 Å². The number of phosphoric ester groups is 1. The lowest BCUT2D eigenvalue weighted by Crippen LogP contribution is -2.45. The number of phosphoric acid groups is 1. The van der Waals surface area contributed by atoms with Crippen molar-refractivity contribution >= 4 is 13.7 Å². The molecule has 0 aliphatic heterocycles. The van der Waals surface area contributed by atoms with Crippen LogP contribution in [0.4, 0.5) is 0 Å². The minimum Gasteiger partial charge on any atom is -0.756 e. The van der Waals surface area contributed by atoms with Crippen LogP contribution in [0.15, 0.2) is 48.6 Å². The van der Waals surface area contributed by atoms with Gasteiger partial charge in [0.25, 0.3) is 7.82 Å². The molecular formula is C54H103N2O6P. The zero-order valence-electron chi connectivity index (χ0n) is 42.0. The minimum absolute atomic E-state index is 0.0105. The fourth-order valence-corrected chi connectivity index (χ4v) is 8.26. The molecule has 0 radical (unpaired) electrons. The van der Waals surface area contributed by atoms with Crippen LogP contribution in [0.3, 0.4) is 0 Å². The number of aliphatic hydroxyl groups excluding tert-OH is 1. The lowest BCUT2D eigenvalue weighted by Gasteiger charge is -2.29. The number of aliphatic hydroxyl groups is 1. The summed E-state index contributed by atoms with van der Waals surface area (Å²) in [6, 6.07) is -0.912. The predicted octanol–water partition coefficient (Wildman–Crippen LogP) is 15.0. The molecular weight excluding hydrogens is 804 g/mol. The maximum atomic E-state index is 12.9. The molecule has 0 aromatic heterocycles. The number of hydrogen-bond acceptors (Lipinski definition) is 6. The molecule has 0 aromatic carbocycles. The predicted molar refractivity (Wildman–Crippen MR) is 270 cm³/mol. The quantitative estimate of drug-likeness (QED) is 0.0272. The first-order chi connectivity index (χ1) is 30.5. The monoisotopic (exact) mass is 907 g/mol. The Morgan fingerprint density at radius 1 is 0.540 bits per heavy atom. The van der Waals surface area contributed by atoms with Gasteiger partial charge in [-0.15, -0.1) is 0 Å². The maximum Gasteiger partial charge on any atom is 0.268 e. The van der Waals surface area contributed by atoms with Gasteiger partial charge in [0.15, 0.2) is 0 Å². The second-order valence-corrected chi connectivity index (χ2v) is 20.6. The van der Waals surface area contributed by atoms with E-state index in [0.29, 0.717) is 17.4 Å². The molecule has 0 fully saturated rings. The van der Waals surface area contributed by atoms with Crippen molar-refractivity contribution in [3.8, 4) is 0 Å². The molecule has 3 unspecified atom stereocenters. The maximum absolute atomic E-state index is 12.9. The van der Waals surface area contributed by atoms with Crippen LogP contribution in [-0.2, 0) is 18.4 Å². The van der Waals surface area contributed by atoms with E-state index in [1.165, 1.54) is 173 Å². The van der Waals surface area contributed by atoms with E-state index in [4.69, 9.17) is 9.05 Å². The smallest absolute Gasteiger partial charge is 0.268 e. The Balaban J connectivity index is 4.34. The number of hydrogen-bond donors (Lipinski definition) is 2. The number of rotatable bonds is 48. The molecule has 0 aromatic rings. The van der Waals surface area contributed by atoms with Crippen LogP contribution in [0.2, 0.25) is 0 Å². The van der Waals surface area contributed by atoms with Crippen LogP contribution < -0.4 is 10.2 Å². The molecule has 0 saturated heterocycles. The summed E-state index contributed by atoms with van der Waals surface area (Å²) in [5, 5.41) is 13.8. The third-order valence-corrected chi connectivity index (χ3v) is 12.7. The Morgan fingerprint density at radius 2 is 0.889 bits per heavy atom. The molecule has 0 aliphatic carbocycles. The van der Waals surface area contributed by atoms with E-state index in [1.807, 2.05) is 27.2 Å². The molecule has 0 aliphatic rings. The second kappa shape index (κ2) is 45.6.